The van der Waals surface area contributed by atoms with E-state index in [-0.39, 0.29) is 16.2 Å². The summed E-state index contributed by atoms with van der Waals surface area (Å²) in [6.45, 7) is 31.5. The second-order valence-corrected chi connectivity index (χ2v) is 24.0. The zero-order valence-electron chi connectivity index (χ0n) is 39.9. The van der Waals surface area contributed by atoms with Crippen molar-refractivity contribution in [2.24, 2.45) is 0 Å². The maximum absolute atomic E-state index is 10.6. The first-order valence-corrected chi connectivity index (χ1v) is 25.0. The molecular formula is C54H63O6PS3. The van der Waals surface area contributed by atoms with Crippen LogP contribution >= 0.6 is 43.9 Å². The molecule has 0 aliphatic heterocycles. The van der Waals surface area contributed by atoms with Crippen LogP contribution in [0, 0.1) is 41.5 Å². The zero-order chi connectivity index (χ0) is 47.1. The molecule has 0 bridgehead atoms. The molecule has 6 aromatic rings. The van der Waals surface area contributed by atoms with Crippen molar-refractivity contribution in [3.63, 3.8) is 0 Å². The fourth-order valence-electron chi connectivity index (χ4n) is 7.07. The molecule has 6 aromatic carbocycles. The van der Waals surface area contributed by atoms with Gasteiger partial charge in [-0.05, 0) is 199 Å². The molecule has 0 fully saturated rings. The van der Waals surface area contributed by atoms with Crippen molar-refractivity contribution in [3.8, 4) is 34.5 Å². The molecule has 64 heavy (non-hydrogen) atoms. The van der Waals surface area contributed by atoms with Crippen LogP contribution in [-0.2, 0) is 16.2 Å². The van der Waals surface area contributed by atoms with Crippen LogP contribution in [0.2, 0.25) is 0 Å². The number of phenols is 3. The molecule has 0 saturated carbocycles. The number of rotatable bonds is 12. The van der Waals surface area contributed by atoms with Gasteiger partial charge in [0.05, 0.1) is 0 Å². The topological polar surface area (TPSA) is 88.4 Å². The van der Waals surface area contributed by atoms with Gasteiger partial charge in [0.25, 0.3) is 0 Å². The van der Waals surface area contributed by atoms with E-state index >= 15 is 0 Å². The molecule has 0 amide bonds. The zero-order valence-corrected chi connectivity index (χ0v) is 43.2. The molecule has 10 heteroatoms. The van der Waals surface area contributed by atoms with Gasteiger partial charge in [0.1, 0.15) is 34.5 Å². The van der Waals surface area contributed by atoms with E-state index < -0.39 is 8.60 Å². The van der Waals surface area contributed by atoms with Crippen molar-refractivity contribution in [2.75, 3.05) is 0 Å². The molecule has 6 nitrogen and oxygen atoms in total. The van der Waals surface area contributed by atoms with Gasteiger partial charge in [0.2, 0.25) is 0 Å². The van der Waals surface area contributed by atoms with Crippen LogP contribution in [0.15, 0.2) is 120 Å². The minimum atomic E-state index is -1.99. The van der Waals surface area contributed by atoms with Gasteiger partial charge in [0.15, 0.2) is 0 Å². The first-order chi connectivity index (χ1) is 29.8. The van der Waals surface area contributed by atoms with E-state index in [4.69, 9.17) is 13.6 Å². The molecule has 0 saturated heterocycles. The molecule has 0 aliphatic carbocycles. The number of benzene rings is 6. The molecular weight excluding hydrogens is 872 g/mol. The van der Waals surface area contributed by atoms with Crippen LogP contribution in [0.4, 0.5) is 0 Å². The fourth-order valence-corrected chi connectivity index (χ4v) is 12.0. The summed E-state index contributed by atoms with van der Waals surface area (Å²) in [5.74, 6) is 2.77. The first kappa shape index (κ1) is 49.0. The molecule has 0 radical (unpaired) electrons. The summed E-state index contributed by atoms with van der Waals surface area (Å²) < 4.78 is 19.9. The van der Waals surface area contributed by atoms with E-state index in [1.807, 2.05) is 75.4 Å². The van der Waals surface area contributed by atoms with E-state index in [0.29, 0.717) is 34.5 Å². The van der Waals surface area contributed by atoms with Crippen LogP contribution in [-0.4, -0.2) is 15.3 Å². The lowest BCUT2D eigenvalue weighted by Crippen LogP contribution is -2.12. The summed E-state index contributed by atoms with van der Waals surface area (Å²) in [6.07, 6.45) is 0. The number of aromatic hydroxyl groups is 3. The summed E-state index contributed by atoms with van der Waals surface area (Å²) in [5.41, 5.74) is 8.44. The van der Waals surface area contributed by atoms with E-state index in [1.54, 1.807) is 35.3 Å². The van der Waals surface area contributed by atoms with Crippen molar-refractivity contribution in [1.29, 1.82) is 0 Å². The molecule has 338 valence electrons. The van der Waals surface area contributed by atoms with E-state index in [9.17, 15) is 15.3 Å². The second kappa shape index (κ2) is 19.2. The van der Waals surface area contributed by atoms with Gasteiger partial charge in [-0.3, -0.25) is 0 Å². The Morgan fingerprint density at radius 3 is 0.812 bits per heavy atom. The maximum atomic E-state index is 10.6. The molecule has 6 rings (SSSR count). The average Bonchev–Trinajstić information content (AvgIpc) is 3.17. The van der Waals surface area contributed by atoms with E-state index in [0.717, 1.165) is 79.4 Å². The van der Waals surface area contributed by atoms with Crippen LogP contribution in [0.3, 0.4) is 0 Å². The normalized spacial score (nSPS) is 12.2. The summed E-state index contributed by atoms with van der Waals surface area (Å²) in [7, 11) is -1.99. The molecule has 0 atom stereocenters. The maximum Gasteiger partial charge on any atom is 0.530 e. The molecule has 0 heterocycles. The highest BCUT2D eigenvalue weighted by Gasteiger charge is 2.26. The van der Waals surface area contributed by atoms with Gasteiger partial charge < -0.3 is 28.9 Å². The highest BCUT2D eigenvalue weighted by molar-refractivity contribution is 8.00. The van der Waals surface area contributed by atoms with Gasteiger partial charge in [-0.15, -0.1) is 0 Å². The van der Waals surface area contributed by atoms with Gasteiger partial charge in [-0.1, -0.05) is 97.6 Å². The minimum absolute atomic E-state index is 0.153. The third-order valence-electron chi connectivity index (χ3n) is 11.0. The fraction of sp³-hybridized carbons (Fsp3) is 0.333. The Balaban J connectivity index is 1.30. The second-order valence-electron chi connectivity index (χ2n) is 19.7. The van der Waals surface area contributed by atoms with Gasteiger partial charge in [-0.25, -0.2) is 0 Å². The monoisotopic (exact) mass is 934 g/mol. The molecule has 3 N–H and O–H groups in total. The van der Waals surface area contributed by atoms with Gasteiger partial charge >= 0.3 is 8.60 Å². The molecule has 0 spiro atoms. The van der Waals surface area contributed by atoms with Crippen molar-refractivity contribution < 1.29 is 28.9 Å². The Hall–Kier alpha value is -4.40. The number of phenolic OH excluding ortho intramolecular Hbond substituents is 3. The Kier molecular flexibility index (Phi) is 14.7. The van der Waals surface area contributed by atoms with E-state index in [2.05, 4.69) is 119 Å². The Morgan fingerprint density at radius 1 is 0.344 bits per heavy atom. The average molecular weight is 935 g/mol. The van der Waals surface area contributed by atoms with Crippen molar-refractivity contribution in [3.05, 3.63) is 141 Å². The lowest BCUT2D eigenvalue weighted by Gasteiger charge is -2.24. The van der Waals surface area contributed by atoms with Crippen LogP contribution in [0.1, 0.15) is 112 Å². The number of aryl methyl sites for hydroxylation is 6. The SMILES string of the molecule is Cc1cc(Sc2ccc(OP(Oc3ccc(Sc4cc(C)c(O)cc4C(C)(C)C)c(C)c3)Oc3ccc(Sc4cc(C)c(O)cc4C(C)(C)C)c(C)c3)cc2C)c(C(C)(C)C)cc1O. The van der Waals surface area contributed by atoms with Crippen molar-refractivity contribution in [1.82, 2.24) is 0 Å². The minimum Gasteiger partial charge on any atom is -0.508 e. The predicted octanol–water partition coefficient (Wildman–Crippen LogP) is 16.8. The summed E-state index contributed by atoms with van der Waals surface area (Å²) in [5, 5.41) is 31.7. The summed E-state index contributed by atoms with van der Waals surface area (Å²) in [6, 6.07) is 30.0. The quantitative estimate of drug-likeness (QED) is 0.104. The van der Waals surface area contributed by atoms with Crippen molar-refractivity contribution in [2.45, 2.75) is 149 Å². The van der Waals surface area contributed by atoms with Gasteiger partial charge in [-0.2, -0.15) is 0 Å². The van der Waals surface area contributed by atoms with E-state index in [1.165, 1.54) is 0 Å². The predicted molar refractivity (Wildman–Crippen MR) is 269 cm³/mol. The summed E-state index contributed by atoms with van der Waals surface area (Å²) in [4.78, 5) is 6.56. The number of hydrogen-bond acceptors (Lipinski definition) is 9. The van der Waals surface area contributed by atoms with Crippen LogP contribution in [0.5, 0.6) is 34.5 Å². The van der Waals surface area contributed by atoms with Gasteiger partial charge in [0, 0.05) is 29.4 Å². The third kappa shape index (κ3) is 11.9. The van der Waals surface area contributed by atoms with Crippen molar-refractivity contribution >= 4 is 43.9 Å². The van der Waals surface area contributed by atoms with Crippen LogP contribution < -0.4 is 13.6 Å². The Morgan fingerprint density at radius 2 is 0.594 bits per heavy atom. The third-order valence-corrected chi connectivity index (χ3v) is 15.7. The lowest BCUT2D eigenvalue weighted by atomic mass is 9.86. The molecule has 0 aliphatic rings. The molecule has 0 aromatic heterocycles. The Labute approximate surface area is 395 Å². The Bertz CT molecular complexity index is 2400. The number of hydrogen-bond donors (Lipinski definition) is 3. The standard InChI is InChI=1S/C54H63O6PS3/c1-31-25-49(40(28-43(31)55)52(7,8)9)62-46-19-16-37(22-34(46)4)58-61(59-38-17-20-47(35(5)23-38)63-50-26-32(2)44(56)29-41(50)53(10,11)12)60-39-18-21-48(36(6)24-39)64-51-27-33(3)45(57)30-42(51)54(13,14)15/h16-30,55-57H,1-15H3. The summed E-state index contributed by atoms with van der Waals surface area (Å²) >= 11 is 5.05. The first-order valence-electron chi connectivity index (χ1n) is 21.5. The van der Waals surface area contributed by atoms with Crippen LogP contribution in [0.25, 0.3) is 0 Å². The highest BCUT2D eigenvalue weighted by atomic mass is 32.2. The largest absolute Gasteiger partial charge is 0.530 e. The highest BCUT2D eigenvalue weighted by Crippen LogP contribution is 2.48. The lowest BCUT2D eigenvalue weighted by molar-refractivity contribution is 0.387. The molecule has 0 unspecified atom stereocenters. The smallest absolute Gasteiger partial charge is 0.508 e.